The van der Waals surface area contributed by atoms with E-state index < -0.39 is 23.1 Å². The number of fused-ring (bicyclic) bond motifs is 1. The number of halogens is 5. The Morgan fingerprint density at radius 1 is 1.05 bits per heavy atom. The molecule has 0 amide bonds. The van der Waals surface area contributed by atoms with E-state index in [0.29, 0.717) is 12.1 Å². The van der Waals surface area contributed by atoms with Crippen molar-refractivity contribution in [1.29, 1.82) is 0 Å². The van der Waals surface area contributed by atoms with Crippen molar-refractivity contribution in [3.8, 4) is 0 Å². The quantitative estimate of drug-likeness (QED) is 0.692. The molecule has 1 aromatic carbocycles. The van der Waals surface area contributed by atoms with E-state index in [9.17, 15) is 26.7 Å². The molecule has 0 aromatic heterocycles. The lowest BCUT2D eigenvalue weighted by atomic mass is 9.77. The fourth-order valence-corrected chi connectivity index (χ4v) is 1.99. The molecule has 1 aliphatic carbocycles. The van der Waals surface area contributed by atoms with Crippen LogP contribution in [0, 0.1) is 5.41 Å². The summed E-state index contributed by atoms with van der Waals surface area (Å²) in [4.78, 5) is 12.0. The van der Waals surface area contributed by atoms with E-state index in [1.54, 1.807) is 13.8 Å². The van der Waals surface area contributed by atoms with Crippen LogP contribution in [0.5, 0.6) is 0 Å². The number of carbonyl (C=O) groups is 1. The average Bonchev–Trinajstić information content (AvgIpc) is 2.32. The lowest BCUT2D eigenvalue weighted by molar-refractivity contribution is -0.289. The molecule has 1 nitrogen and oxygen atoms in total. The fourth-order valence-electron chi connectivity index (χ4n) is 1.99. The lowest BCUT2D eigenvalue weighted by Crippen LogP contribution is -2.34. The van der Waals surface area contributed by atoms with E-state index >= 15 is 0 Å². The van der Waals surface area contributed by atoms with Crippen LogP contribution in [0.25, 0.3) is 6.08 Å². The van der Waals surface area contributed by atoms with Crippen molar-refractivity contribution in [2.45, 2.75) is 25.9 Å². The predicted octanol–water partition coefficient (Wildman–Crippen LogP) is 4.58. The average molecular weight is 290 g/mol. The van der Waals surface area contributed by atoms with E-state index in [0.717, 1.165) is 6.07 Å². The number of rotatable bonds is 1. The van der Waals surface area contributed by atoms with Crippen molar-refractivity contribution in [3.63, 3.8) is 0 Å². The highest BCUT2D eigenvalue weighted by Crippen LogP contribution is 2.45. The zero-order valence-electron chi connectivity index (χ0n) is 10.7. The number of allylic oxidation sites excluding steroid dienone is 1. The molecule has 0 saturated carbocycles. The van der Waals surface area contributed by atoms with Crippen molar-refractivity contribution in [2.24, 2.45) is 5.41 Å². The van der Waals surface area contributed by atoms with Gasteiger partial charge in [-0.3, -0.25) is 4.79 Å². The second-order valence-electron chi connectivity index (χ2n) is 5.26. The number of hydrogen-bond donors (Lipinski definition) is 0. The third-order valence-corrected chi connectivity index (χ3v) is 3.28. The molecule has 1 aromatic rings. The zero-order chi connectivity index (χ0) is 15.3. The number of Topliss-reactive ketones (excluding diaryl/α,β-unsaturated/α-hetero) is 1. The van der Waals surface area contributed by atoms with Gasteiger partial charge in [-0.1, -0.05) is 24.3 Å². The zero-order valence-corrected chi connectivity index (χ0v) is 10.7. The Hall–Kier alpha value is -1.72. The van der Waals surface area contributed by atoms with Crippen molar-refractivity contribution in [2.75, 3.05) is 0 Å². The van der Waals surface area contributed by atoms with Gasteiger partial charge in [0.05, 0.1) is 0 Å². The summed E-state index contributed by atoms with van der Waals surface area (Å²) < 4.78 is 63.4. The smallest absolute Gasteiger partial charge is 0.293 e. The summed E-state index contributed by atoms with van der Waals surface area (Å²) in [6, 6.07) is 2.39. The third-order valence-electron chi connectivity index (χ3n) is 3.28. The first-order valence-corrected chi connectivity index (χ1v) is 5.80. The van der Waals surface area contributed by atoms with Crippen molar-refractivity contribution >= 4 is 11.9 Å². The number of alkyl halides is 5. The maximum atomic E-state index is 13.2. The van der Waals surface area contributed by atoms with Gasteiger partial charge < -0.3 is 0 Å². The van der Waals surface area contributed by atoms with Gasteiger partial charge in [0.25, 0.3) is 0 Å². The summed E-state index contributed by atoms with van der Waals surface area (Å²) in [6.45, 7) is 3.29. The first-order chi connectivity index (χ1) is 8.97. The molecule has 20 heavy (non-hydrogen) atoms. The number of benzene rings is 1. The van der Waals surface area contributed by atoms with Crippen LogP contribution >= 0.6 is 0 Å². The van der Waals surface area contributed by atoms with Crippen molar-refractivity contribution in [3.05, 3.63) is 41.0 Å². The highest BCUT2D eigenvalue weighted by Gasteiger charge is 2.58. The summed E-state index contributed by atoms with van der Waals surface area (Å²) in [5.41, 5.74) is -1.72. The summed E-state index contributed by atoms with van der Waals surface area (Å²) in [5.74, 6) is -5.25. The Kier molecular flexibility index (Phi) is 3.04. The van der Waals surface area contributed by atoms with E-state index in [-0.39, 0.29) is 16.9 Å². The maximum Gasteiger partial charge on any atom is 0.458 e. The second kappa shape index (κ2) is 4.14. The van der Waals surface area contributed by atoms with Gasteiger partial charge in [0.15, 0.2) is 5.78 Å². The first-order valence-electron chi connectivity index (χ1n) is 5.80. The van der Waals surface area contributed by atoms with E-state index in [4.69, 9.17) is 0 Å². The van der Waals surface area contributed by atoms with Gasteiger partial charge in [0, 0.05) is 16.5 Å². The minimum Gasteiger partial charge on any atom is -0.293 e. The minimum absolute atomic E-state index is 0.0794. The van der Waals surface area contributed by atoms with E-state index in [1.807, 2.05) is 0 Å². The van der Waals surface area contributed by atoms with Gasteiger partial charge in [0.2, 0.25) is 0 Å². The van der Waals surface area contributed by atoms with Gasteiger partial charge in [-0.25, -0.2) is 0 Å². The van der Waals surface area contributed by atoms with Crippen LogP contribution < -0.4 is 0 Å². The molecule has 108 valence electrons. The van der Waals surface area contributed by atoms with Crippen LogP contribution in [0.2, 0.25) is 0 Å². The molecule has 0 spiro atoms. The fraction of sp³-hybridized carbons (Fsp3) is 0.357. The molecule has 0 N–H and O–H groups in total. The number of carbonyl (C=O) groups excluding carboxylic acids is 1. The molecule has 0 heterocycles. The highest BCUT2D eigenvalue weighted by atomic mass is 19.4. The van der Waals surface area contributed by atoms with Gasteiger partial charge in [-0.2, -0.15) is 22.0 Å². The highest BCUT2D eigenvalue weighted by molar-refractivity contribution is 6.06. The molecular formula is C14H11F5O. The molecule has 0 atom stereocenters. The number of hydrogen-bond acceptors (Lipinski definition) is 1. The van der Waals surface area contributed by atoms with Gasteiger partial charge in [-0.15, -0.1) is 0 Å². The van der Waals surface area contributed by atoms with Crippen LogP contribution in [-0.2, 0) is 5.92 Å². The maximum absolute atomic E-state index is 13.2. The molecule has 0 fully saturated rings. The van der Waals surface area contributed by atoms with Crippen molar-refractivity contribution < 1.29 is 26.7 Å². The summed E-state index contributed by atoms with van der Waals surface area (Å²) in [6.07, 6.45) is -2.78. The Bertz CT molecular complexity index is 596. The van der Waals surface area contributed by atoms with Gasteiger partial charge in [0.1, 0.15) is 0 Å². The van der Waals surface area contributed by atoms with Gasteiger partial charge >= 0.3 is 12.1 Å². The Balaban J connectivity index is 2.53. The van der Waals surface area contributed by atoms with E-state index in [2.05, 4.69) is 0 Å². The lowest BCUT2D eigenvalue weighted by Gasteiger charge is -2.26. The Morgan fingerprint density at radius 2 is 1.65 bits per heavy atom. The van der Waals surface area contributed by atoms with Crippen molar-refractivity contribution in [1.82, 2.24) is 0 Å². The predicted molar refractivity (Wildman–Crippen MR) is 63.5 cm³/mol. The first kappa shape index (κ1) is 14.7. The largest absolute Gasteiger partial charge is 0.458 e. The molecule has 1 aliphatic rings. The van der Waals surface area contributed by atoms with Crippen LogP contribution in [0.4, 0.5) is 22.0 Å². The van der Waals surface area contributed by atoms with E-state index in [1.165, 1.54) is 12.2 Å². The Labute approximate surface area is 112 Å². The Morgan fingerprint density at radius 3 is 2.20 bits per heavy atom. The monoisotopic (exact) mass is 290 g/mol. The SMILES string of the molecule is CC1(C)C=Cc2cc(C(F)(F)C(F)(F)F)ccc2C1=O. The normalized spacial score (nSPS) is 18.1. The molecule has 0 unspecified atom stereocenters. The molecule has 0 radical (unpaired) electrons. The molecular weight excluding hydrogens is 279 g/mol. The minimum atomic E-state index is -5.66. The van der Waals surface area contributed by atoms with Crippen LogP contribution in [0.3, 0.4) is 0 Å². The topological polar surface area (TPSA) is 17.1 Å². The molecule has 0 aliphatic heterocycles. The molecule has 0 bridgehead atoms. The molecule has 6 heteroatoms. The summed E-state index contributed by atoms with van der Waals surface area (Å²) >= 11 is 0. The third kappa shape index (κ3) is 2.13. The number of ketones is 1. The summed E-state index contributed by atoms with van der Waals surface area (Å²) in [7, 11) is 0. The van der Waals surface area contributed by atoms with Gasteiger partial charge in [-0.05, 0) is 25.5 Å². The standard InChI is InChI=1S/C14H11F5O/c1-12(2)6-5-8-7-9(3-4-10(8)11(12)20)13(15,16)14(17,18)19/h3-7H,1-2H3. The van der Waals surface area contributed by atoms with Crippen LogP contribution in [0.1, 0.15) is 35.3 Å². The summed E-state index contributed by atoms with van der Waals surface area (Å²) in [5, 5.41) is 0. The molecule has 2 rings (SSSR count). The van der Waals surface area contributed by atoms with Crippen LogP contribution in [0.15, 0.2) is 24.3 Å². The second-order valence-corrected chi connectivity index (χ2v) is 5.26. The van der Waals surface area contributed by atoms with Crippen LogP contribution in [-0.4, -0.2) is 12.0 Å². The molecule has 0 saturated heterocycles.